The van der Waals surface area contributed by atoms with Crippen molar-refractivity contribution in [3.05, 3.63) is 12.2 Å². The molecule has 1 fully saturated rings. The molecule has 0 saturated heterocycles. The van der Waals surface area contributed by atoms with Crippen LogP contribution in [0.3, 0.4) is 0 Å². The zero-order valence-corrected chi connectivity index (χ0v) is 7.63. The van der Waals surface area contributed by atoms with Gasteiger partial charge in [-0.2, -0.15) is 0 Å². The molecule has 0 spiro atoms. The Balaban J connectivity index is 2.25. The van der Waals surface area contributed by atoms with Crippen molar-refractivity contribution < 1.29 is 5.11 Å². The quantitative estimate of drug-likeness (QED) is 0.628. The molecule has 2 nitrogen and oxygen atoms in total. The Morgan fingerprint density at radius 2 is 2.25 bits per heavy atom. The van der Waals surface area contributed by atoms with Crippen LogP contribution in [0, 0.1) is 5.92 Å². The number of nitrogens with two attached hydrogens (primary N) is 1. The molecule has 0 aromatic carbocycles. The molecule has 1 aliphatic rings. The van der Waals surface area contributed by atoms with Crippen LogP contribution >= 0.6 is 0 Å². The van der Waals surface area contributed by atoms with Crippen LogP contribution in [0.4, 0.5) is 0 Å². The van der Waals surface area contributed by atoms with E-state index in [0.29, 0.717) is 6.61 Å². The van der Waals surface area contributed by atoms with E-state index >= 15 is 0 Å². The first-order valence-electron chi connectivity index (χ1n) is 4.78. The van der Waals surface area contributed by atoms with Crippen molar-refractivity contribution in [1.29, 1.82) is 0 Å². The Kier molecular flexibility index (Phi) is 3.76. The number of hydrogen-bond acceptors (Lipinski definition) is 2. The second-order valence-electron chi connectivity index (χ2n) is 3.78. The molecule has 2 atom stereocenters. The highest BCUT2D eigenvalue weighted by molar-refractivity contribution is 5.08. The molecule has 0 radical (unpaired) electrons. The minimum Gasteiger partial charge on any atom is -0.396 e. The van der Waals surface area contributed by atoms with Gasteiger partial charge in [0.2, 0.25) is 0 Å². The summed E-state index contributed by atoms with van der Waals surface area (Å²) in [5.41, 5.74) is 7.02. The smallest absolute Gasteiger partial charge is 0.0431 e. The molecule has 1 aliphatic carbocycles. The van der Waals surface area contributed by atoms with Crippen molar-refractivity contribution in [2.24, 2.45) is 11.7 Å². The average Bonchev–Trinajstić information content (AvgIpc) is 2.07. The maximum absolute atomic E-state index is 8.67. The van der Waals surface area contributed by atoms with Crippen molar-refractivity contribution in [3.8, 4) is 0 Å². The van der Waals surface area contributed by atoms with Gasteiger partial charge in [0.05, 0.1) is 0 Å². The summed E-state index contributed by atoms with van der Waals surface area (Å²) < 4.78 is 0. The van der Waals surface area contributed by atoms with Crippen molar-refractivity contribution in [2.75, 3.05) is 6.61 Å². The van der Waals surface area contributed by atoms with Gasteiger partial charge in [-0.3, -0.25) is 0 Å². The third-order valence-corrected chi connectivity index (χ3v) is 2.73. The molecule has 0 aliphatic heterocycles. The third-order valence-electron chi connectivity index (χ3n) is 2.73. The second-order valence-corrected chi connectivity index (χ2v) is 3.78. The van der Waals surface area contributed by atoms with E-state index in [0.717, 1.165) is 31.6 Å². The van der Waals surface area contributed by atoms with Crippen LogP contribution in [-0.2, 0) is 0 Å². The lowest BCUT2D eigenvalue weighted by Gasteiger charge is -2.28. The van der Waals surface area contributed by atoms with Crippen LogP contribution in [0.15, 0.2) is 12.2 Å². The van der Waals surface area contributed by atoms with E-state index in [9.17, 15) is 0 Å². The van der Waals surface area contributed by atoms with Crippen molar-refractivity contribution >= 4 is 0 Å². The molecular weight excluding hydrogens is 150 g/mol. The second kappa shape index (κ2) is 4.63. The summed E-state index contributed by atoms with van der Waals surface area (Å²) >= 11 is 0. The highest BCUT2D eigenvalue weighted by atomic mass is 16.2. The third kappa shape index (κ3) is 2.61. The van der Waals surface area contributed by atoms with Gasteiger partial charge in [-0.05, 0) is 38.0 Å². The lowest BCUT2D eigenvalue weighted by molar-refractivity contribution is 0.260. The fraction of sp³-hybridized carbons (Fsp3) is 0.800. The van der Waals surface area contributed by atoms with Crippen LogP contribution in [0.25, 0.3) is 0 Å². The van der Waals surface area contributed by atoms with E-state index in [1.807, 2.05) is 0 Å². The number of hydrogen-bond donors (Lipinski definition) is 2. The van der Waals surface area contributed by atoms with Gasteiger partial charge < -0.3 is 10.8 Å². The van der Waals surface area contributed by atoms with Crippen LogP contribution < -0.4 is 5.73 Å². The molecule has 70 valence electrons. The molecule has 0 aromatic rings. The van der Waals surface area contributed by atoms with E-state index in [2.05, 4.69) is 6.58 Å². The molecule has 0 heterocycles. The van der Waals surface area contributed by atoms with Crippen molar-refractivity contribution in [2.45, 2.75) is 38.1 Å². The molecule has 0 amide bonds. The summed E-state index contributed by atoms with van der Waals surface area (Å²) in [6.07, 6.45) is 5.41. The summed E-state index contributed by atoms with van der Waals surface area (Å²) in [5.74, 6) is 0.726. The number of rotatable bonds is 3. The first-order chi connectivity index (χ1) is 5.74. The average molecular weight is 169 g/mol. The maximum Gasteiger partial charge on any atom is 0.0431 e. The van der Waals surface area contributed by atoms with E-state index in [1.165, 1.54) is 12.0 Å². The Labute approximate surface area is 74.5 Å². The summed E-state index contributed by atoms with van der Waals surface area (Å²) in [5, 5.41) is 8.67. The minimum atomic E-state index is 0.232. The summed E-state index contributed by atoms with van der Waals surface area (Å²) in [7, 11) is 0. The molecule has 3 N–H and O–H groups in total. The number of aliphatic hydroxyl groups is 1. The Bertz CT molecular complexity index is 154. The lowest BCUT2D eigenvalue weighted by atomic mass is 9.81. The van der Waals surface area contributed by atoms with E-state index in [1.54, 1.807) is 0 Å². The zero-order chi connectivity index (χ0) is 8.97. The monoisotopic (exact) mass is 169 g/mol. The van der Waals surface area contributed by atoms with Gasteiger partial charge in [-0.15, -0.1) is 0 Å². The molecular formula is C10H19NO. The number of aliphatic hydroxyl groups excluding tert-OH is 1. The summed E-state index contributed by atoms with van der Waals surface area (Å²) in [6.45, 7) is 4.28. The maximum atomic E-state index is 8.67. The van der Waals surface area contributed by atoms with Crippen LogP contribution in [-0.4, -0.2) is 17.8 Å². The predicted molar refractivity (Wildman–Crippen MR) is 50.8 cm³/mol. The van der Waals surface area contributed by atoms with E-state index in [4.69, 9.17) is 10.8 Å². The summed E-state index contributed by atoms with van der Waals surface area (Å²) in [6, 6.07) is 0.232. The Hall–Kier alpha value is -0.340. The van der Waals surface area contributed by atoms with Gasteiger partial charge in [0, 0.05) is 12.6 Å². The molecule has 2 heteroatoms. The summed E-state index contributed by atoms with van der Waals surface area (Å²) in [4.78, 5) is 0. The SMILES string of the molecule is C=C1C[C@H](CCCO)CC[C@@H]1N. The van der Waals surface area contributed by atoms with E-state index < -0.39 is 0 Å². The van der Waals surface area contributed by atoms with Crippen molar-refractivity contribution in [3.63, 3.8) is 0 Å². The van der Waals surface area contributed by atoms with Gasteiger partial charge >= 0.3 is 0 Å². The molecule has 0 unspecified atom stereocenters. The van der Waals surface area contributed by atoms with Gasteiger partial charge in [-0.25, -0.2) is 0 Å². The van der Waals surface area contributed by atoms with Gasteiger partial charge in [0.1, 0.15) is 0 Å². The Morgan fingerprint density at radius 3 is 2.83 bits per heavy atom. The van der Waals surface area contributed by atoms with Crippen LogP contribution in [0.1, 0.15) is 32.1 Å². The fourth-order valence-electron chi connectivity index (χ4n) is 1.87. The molecule has 1 saturated carbocycles. The topological polar surface area (TPSA) is 46.2 Å². The molecule has 12 heavy (non-hydrogen) atoms. The van der Waals surface area contributed by atoms with Crippen LogP contribution in [0.5, 0.6) is 0 Å². The molecule has 0 bridgehead atoms. The highest BCUT2D eigenvalue weighted by Gasteiger charge is 2.20. The zero-order valence-electron chi connectivity index (χ0n) is 7.63. The van der Waals surface area contributed by atoms with Gasteiger partial charge in [-0.1, -0.05) is 12.2 Å². The van der Waals surface area contributed by atoms with Crippen LogP contribution in [0.2, 0.25) is 0 Å². The lowest BCUT2D eigenvalue weighted by Crippen LogP contribution is -2.28. The first-order valence-corrected chi connectivity index (χ1v) is 4.78. The predicted octanol–water partition coefficient (Wildman–Crippen LogP) is 1.44. The van der Waals surface area contributed by atoms with Gasteiger partial charge in [0.25, 0.3) is 0 Å². The standard InChI is InChI=1S/C10H19NO/c1-8-7-9(3-2-6-12)4-5-10(8)11/h9-10,12H,1-7,11H2/t9-,10+/m1/s1. The highest BCUT2D eigenvalue weighted by Crippen LogP contribution is 2.29. The molecule has 0 aromatic heterocycles. The van der Waals surface area contributed by atoms with Gasteiger partial charge in [0.15, 0.2) is 0 Å². The Morgan fingerprint density at radius 1 is 1.50 bits per heavy atom. The molecule has 1 rings (SSSR count). The fourth-order valence-corrected chi connectivity index (χ4v) is 1.87. The normalized spacial score (nSPS) is 30.7. The minimum absolute atomic E-state index is 0.232. The largest absolute Gasteiger partial charge is 0.396 e. The van der Waals surface area contributed by atoms with E-state index in [-0.39, 0.29) is 6.04 Å². The first kappa shape index (κ1) is 9.75. The van der Waals surface area contributed by atoms with Crippen molar-refractivity contribution in [1.82, 2.24) is 0 Å².